The van der Waals surface area contributed by atoms with Crippen molar-refractivity contribution in [1.82, 2.24) is 0 Å². The molecule has 0 amide bonds. The summed E-state index contributed by atoms with van der Waals surface area (Å²) in [4.78, 5) is 0. The van der Waals surface area contributed by atoms with Gasteiger partial charge in [0.25, 0.3) is 0 Å². The van der Waals surface area contributed by atoms with Crippen molar-refractivity contribution < 1.29 is 23.7 Å². The Morgan fingerprint density at radius 1 is 0.526 bits per heavy atom. The third kappa shape index (κ3) is 17.8. The molecule has 0 heterocycles. The minimum absolute atomic E-state index is 0.548. The minimum Gasteiger partial charge on any atom is -0.379 e. The summed E-state index contributed by atoms with van der Waals surface area (Å²) in [7, 11) is 0. The summed E-state index contributed by atoms with van der Waals surface area (Å²) in [5, 5.41) is 0. The van der Waals surface area contributed by atoms with Crippen LogP contribution in [-0.2, 0) is 23.7 Å². The molecule has 0 aliphatic heterocycles. The molecule has 6 heteroatoms. The van der Waals surface area contributed by atoms with Gasteiger partial charge in [-0.2, -0.15) is 0 Å². The van der Waals surface area contributed by atoms with Gasteiger partial charge in [-0.05, 0) is 6.42 Å². The maximum atomic E-state index is 5.34. The smallest absolute Gasteiger partial charge is 0.0701 e. The highest BCUT2D eigenvalue weighted by Crippen LogP contribution is 1.84. The molecule has 0 aliphatic carbocycles. The van der Waals surface area contributed by atoms with Crippen LogP contribution in [-0.4, -0.2) is 72.6 Å². The molecule has 0 fully saturated rings. The van der Waals surface area contributed by atoms with Gasteiger partial charge in [-0.15, -0.1) is 0 Å². The normalized spacial score (nSPS) is 11.1. The molecule has 0 saturated carbocycles. The first-order chi connectivity index (χ1) is 9.41. The Morgan fingerprint density at radius 3 is 1.16 bits per heavy atom. The zero-order chi connectivity index (χ0) is 14.0. The third-order valence-electron chi connectivity index (χ3n) is 2.10. The van der Waals surface area contributed by atoms with E-state index in [1.54, 1.807) is 0 Å². The molecule has 0 aromatic rings. The SMILES string of the molecule is CCCOCCOCCOCCOCCOCCN. The van der Waals surface area contributed by atoms with Crippen LogP contribution in [0.3, 0.4) is 0 Å². The van der Waals surface area contributed by atoms with E-state index in [2.05, 4.69) is 6.92 Å². The van der Waals surface area contributed by atoms with Gasteiger partial charge in [-0.3, -0.25) is 0 Å². The van der Waals surface area contributed by atoms with Gasteiger partial charge in [-0.25, -0.2) is 0 Å². The van der Waals surface area contributed by atoms with E-state index >= 15 is 0 Å². The lowest BCUT2D eigenvalue weighted by Gasteiger charge is -2.07. The van der Waals surface area contributed by atoms with Gasteiger partial charge in [0, 0.05) is 13.2 Å². The summed E-state index contributed by atoms with van der Waals surface area (Å²) >= 11 is 0. The van der Waals surface area contributed by atoms with Crippen LogP contribution >= 0.6 is 0 Å². The average Bonchev–Trinajstić information content (AvgIpc) is 2.43. The van der Waals surface area contributed by atoms with Gasteiger partial charge < -0.3 is 29.4 Å². The molecule has 0 aliphatic rings. The summed E-state index contributed by atoms with van der Waals surface area (Å²) < 4.78 is 26.4. The van der Waals surface area contributed by atoms with Gasteiger partial charge in [0.1, 0.15) is 0 Å². The number of hydrogen-bond donors (Lipinski definition) is 1. The fourth-order valence-corrected chi connectivity index (χ4v) is 1.21. The van der Waals surface area contributed by atoms with Gasteiger partial charge in [0.05, 0.1) is 59.5 Å². The van der Waals surface area contributed by atoms with Gasteiger partial charge >= 0.3 is 0 Å². The van der Waals surface area contributed by atoms with Crippen LogP contribution in [0.5, 0.6) is 0 Å². The van der Waals surface area contributed by atoms with Crippen molar-refractivity contribution in [3.8, 4) is 0 Å². The Hall–Kier alpha value is -0.240. The summed E-state index contributed by atoms with van der Waals surface area (Å²) in [5.41, 5.74) is 5.28. The Balaban J connectivity index is 2.88. The third-order valence-corrected chi connectivity index (χ3v) is 2.10. The lowest BCUT2D eigenvalue weighted by Crippen LogP contribution is -2.14. The van der Waals surface area contributed by atoms with Crippen LogP contribution in [0, 0.1) is 0 Å². The molecule has 0 saturated heterocycles. The second kappa shape index (κ2) is 17.8. The highest BCUT2D eigenvalue weighted by molar-refractivity contribution is 4.36. The maximum Gasteiger partial charge on any atom is 0.0701 e. The van der Waals surface area contributed by atoms with Crippen molar-refractivity contribution in [2.24, 2.45) is 5.73 Å². The Kier molecular flexibility index (Phi) is 17.5. The van der Waals surface area contributed by atoms with Gasteiger partial charge in [0.2, 0.25) is 0 Å². The van der Waals surface area contributed by atoms with E-state index in [-0.39, 0.29) is 0 Å². The molecular formula is C13H29NO5. The first-order valence-electron chi connectivity index (χ1n) is 7.00. The van der Waals surface area contributed by atoms with E-state index in [0.29, 0.717) is 66.0 Å². The summed E-state index contributed by atoms with van der Waals surface area (Å²) in [6.07, 6.45) is 1.04. The van der Waals surface area contributed by atoms with E-state index in [9.17, 15) is 0 Å². The molecule has 6 nitrogen and oxygen atoms in total. The zero-order valence-electron chi connectivity index (χ0n) is 12.1. The van der Waals surface area contributed by atoms with Crippen molar-refractivity contribution in [2.75, 3.05) is 72.6 Å². The van der Waals surface area contributed by atoms with E-state index in [1.807, 2.05) is 0 Å². The van der Waals surface area contributed by atoms with Crippen LogP contribution in [0.1, 0.15) is 13.3 Å². The van der Waals surface area contributed by atoms with E-state index < -0.39 is 0 Å². The van der Waals surface area contributed by atoms with Gasteiger partial charge in [0.15, 0.2) is 0 Å². The molecule has 0 unspecified atom stereocenters. The minimum atomic E-state index is 0.548. The molecule has 0 spiro atoms. The highest BCUT2D eigenvalue weighted by atomic mass is 16.6. The van der Waals surface area contributed by atoms with Crippen molar-refractivity contribution in [3.63, 3.8) is 0 Å². The van der Waals surface area contributed by atoms with E-state index in [4.69, 9.17) is 29.4 Å². The standard InChI is InChI=1S/C13H29NO5/c1-2-4-15-6-8-17-10-12-19-13-11-18-9-7-16-5-3-14/h2-14H2,1H3. The van der Waals surface area contributed by atoms with Gasteiger partial charge in [-0.1, -0.05) is 6.92 Å². The van der Waals surface area contributed by atoms with E-state index in [1.165, 1.54) is 0 Å². The van der Waals surface area contributed by atoms with Crippen molar-refractivity contribution in [3.05, 3.63) is 0 Å². The first kappa shape index (κ1) is 18.8. The van der Waals surface area contributed by atoms with Crippen LogP contribution in [0.25, 0.3) is 0 Å². The molecule has 19 heavy (non-hydrogen) atoms. The Morgan fingerprint density at radius 2 is 0.842 bits per heavy atom. The van der Waals surface area contributed by atoms with Crippen LogP contribution < -0.4 is 5.73 Å². The Labute approximate surface area is 116 Å². The first-order valence-corrected chi connectivity index (χ1v) is 7.00. The molecule has 0 aromatic carbocycles. The molecule has 116 valence electrons. The molecule has 0 radical (unpaired) electrons. The van der Waals surface area contributed by atoms with Crippen LogP contribution in [0.15, 0.2) is 0 Å². The highest BCUT2D eigenvalue weighted by Gasteiger charge is 1.92. The van der Waals surface area contributed by atoms with Crippen LogP contribution in [0.4, 0.5) is 0 Å². The second-order valence-corrected chi connectivity index (χ2v) is 3.85. The lowest BCUT2D eigenvalue weighted by atomic mass is 10.5. The number of ether oxygens (including phenoxy) is 5. The summed E-state index contributed by atoms with van der Waals surface area (Å²) in [5.74, 6) is 0. The largest absolute Gasteiger partial charge is 0.379 e. The van der Waals surface area contributed by atoms with Crippen molar-refractivity contribution in [2.45, 2.75) is 13.3 Å². The Bertz CT molecular complexity index is 144. The fraction of sp³-hybridized carbons (Fsp3) is 1.00. The number of hydrogen-bond acceptors (Lipinski definition) is 6. The molecule has 0 aromatic heterocycles. The van der Waals surface area contributed by atoms with Crippen LogP contribution in [0.2, 0.25) is 0 Å². The predicted octanol–water partition coefficient (Wildman–Crippen LogP) is 0.438. The zero-order valence-corrected chi connectivity index (χ0v) is 12.1. The number of rotatable bonds is 16. The molecule has 0 rings (SSSR count). The van der Waals surface area contributed by atoms with Crippen molar-refractivity contribution >= 4 is 0 Å². The fourth-order valence-electron chi connectivity index (χ4n) is 1.21. The molecule has 0 atom stereocenters. The molecular weight excluding hydrogens is 250 g/mol. The monoisotopic (exact) mass is 279 g/mol. The summed E-state index contributed by atoms with van der Waals surface area (Å²) in [6, 6.07) is 0. The maximum absolute atomic E-state index is 5.34. The van der Waals surface area contributed by atoms with Crippen molar-refractivity contribution in [1.29, 1.82) is 0 Å². The summed E-state index contributed by atoms with van der Waals surface area (Å²) in [6.45, 7) is 8.78. The van der Waals surface area contributed by atoms with E-state index in [0.717, 1.165) is 13.0 Å². The quantitative estimate of drug-likeness (QED) is 0.413. The average molecular weight is 279 g/mol. The second-order valence-electron chi connectivity index (χ2n) is 3.85. The number of nitrogens with two attached hydrogens (primary N) is 1. The topological polar surface area (TPSA) is 72.2 Å². The molecule has 2 N–H and O–H groups in total. The predicted molar refractivity (Wildman–Crippen MR) is 73.4 cm³/mol. The lowest BCUT2D eigenvalue weighted by molar-refractivity contribution is -0.0104. The molecule has 0 bridgehead atoms.